The maximum Gasteiger partial charge on any atom is 0.313 e. The van der Waals surface area contributed by atoms with Crippen molar-refractivity contribution in [1.82, 2.24) is 0 Å². The largest absolute Gasteiger partial charge is 0.463 e. The van der Waals surface area contributed by atoms with Crippen LogP contribution in [-0.4, -0.2) is 24.1 Å². The van der Waals surface area contributed by atoms with Crippen LogP contribution in [0.3, 0.4) is 0 Å². The van der Waals surface area contributed by atoms with E-state index in [1.807, 2.05) is 58.9 Å². The molecule has 1 rings (SSSR count). The smallest absolute Gasteiger partial charge is 0.313 e. The SMILES string of the molecule is CC(C)OC(=O)Cc1ccc(C(C)C(=O)OC(C)C)cc1. The van der Waals surface area contributed by atoms with Gasteiger partial charge in [-0.25, -0.2) is 0 Å². The molecule has 0 aromatic heterocycles. The van der Waals surface area contributed by atoms with Crippen LogP contribution >= 0.6 is 0 Å². The van der Waals surface area contributed by atoms with Crippen LogP contribution in [0.1, 0.15) is 51.7 Å². The van der Waals surface area contributed by atoms with E-state index in [2.05, 4.69) is 0 Å². The Morgan fingerprint density at radius 2 is 1.43 bits per heavy atom. The van der Waals surface area contributed by atoms with Crippen LogP contribution in [0.4, 0.5) is 0 Å². The van der Waals surface area contributed by atoms with Crippen molar-refractivity contribution in [1.29, 1.82) is 0 Å². The molecule has 0 spiro atoms. The van der Waals surface area contributed by atoms with E-state index in [1.54, 1.807) is 0 Å². The highest BCUT2D eigenvalue weighted by Gasteiger charge is 2.18. The Balaban J connectivity index is 2.65. The molecule has 0 saturated heterocycles. The second-order valence-corrected chi connectivity index (χ2v) is 5.66. The number of hydrogen-bond acceptors (Lipinski definition) is 4. The molecular formula is C17H24O4. The highest BCUT2D eigenvalue weighted by molar-refractivity contribution is 5.78. The van der Waals surface area contributed by atoms with Gasteiger partial charge in [0.1, 0.15) is 0 Å². The van der Waals surface area contributed by atoms with Crippen molar-refractivity contribution in [2.45, 2.75) is 59.2 Å². The van der Waals surface area contributed by atoms with Crippen LogP contribution in [0.2, 0.25) is 0 Å². The van der Waals surface area contributed by atoms with Crippen molar-refractivity contribution in [3.8, 4) is 0 Å². The Hall–Kier alpha value is -1.84. The van der Waals surface area contributed by atoms with Gasteiger partial charge in [0.25, 0.3) is 0 Å². The van der Waals surface area contributed by atoms with E-state index in [1.165, 1.54) is 0 Å². The summed E-state index contributed by atoms with van der Waals surface area (Å²) in [6, 6.07) is 7.39. The monoisotopic (exact) mass is 292 g/mol. The van der Waals surface area contributed by atoms with Crippen LogP contribution in [0.25, 0.3) is 0 Å². The standard InChI is InChI=1S/C17H24O4/c1-11(2)20-16(18)10-14-6-8-15(9-7-14)13(5)17(19)21-12(3)4/h6-9,11-13H,10H2,1-5H3. The fourth-order valence-corrected chi connectivity index (χ4v) is 1.87. The highest BCUT2D eigenvalue weighted by Crippen LogP contribution is 2.18. The van der Waals surface area contributed by atoms with E-state index in [0.29, 0.717) is 0 Å². The van der Waals surface area contributed by atoms with E-state index in [9.17, 15) is 9.59 Å². The summed E-state index contributed by atoms with van der Waals surface area (Å²) >= 11 is 0. The quantitative estimate of drug-likeness (QED) is 0.755. The lowest BCUT2D eigenvalue weighted by atomic mass is 9.99. The van der Waals surface area contributed by atoms with E-state index in [0.717, 1.165) is 11.1 Å². The summed E-state index contributed by atoms with van der Waals surface area (Å²) in [7, 11) is 0. The molecule has 0 heterocycles. The molecule has 1 aromatic carbocycles. The normalized spacial score (nSPS) is 12.3. The Morgan fingerprint density at radius 1 is 0.905 bits per heavy atom. The minimum Gasteiger partial charge on any atom is -0.463 e. The predicted octanol–water partition coefficient (Wildman–Crippen LogP) is 3.24. The van der Waals surface area contributed by atoms with E-state index in [4.69, 9.17) is 9.47 Å². The Labute approximate surface area is 126 Å². The van der Waals surface area contributed by atoms with E-state index in [-0.39, 0.29) is 36.5 Å². The van der Waals surface area contributed by atoms with E-state index >= 15 is 0 Å². The molecule has 0 bridgehead atoms. The van der Waals surface area contributed by atoms with Crippen LogP contribution in [-0.2, 0) is 25.5 Å². The molecule has 0 N–H and O–H groups in total. The van der Waals surface area contributed by atoms with Gasteiger partial charge in [-0.3, -0.25) is 9.59 Å². The number of carbonyl (C=O) groups excluding carboxylic acids is 2. The maximum absolute atomic E-state index is 11.8. The van der Waals surface area contributed by atoms with Crippen LogP contribution in [0, 0.1) is 0 Å². The second kappa shape index (κ2) is 7.81. The van der Waals surface area contributed by atoms with Gasteiger partial charge in [0.2, 0.25) is 0 Å². The van der Waals surface area contributed by atoms with Gasteiger partial charge in [0.05, 0.1) is 24.5 Å². The number of benzene rings is 1. The van der Waals surface area contributed by atoms with Gasteiger partial charge >= 0.3 is 11.9 Å². The van der Waals surface area contributed by atoms with Gasteiger partial charge in [0.15, 0.2) is 0 Å². The van der Waals surface area contributed by atoms with Gasteiger partial charge in [-0.1, -0.05) is 24.3 Å². The fraction of sp³-hybridized carbons (Fsp3) is 0.529. The minimum atomic E-state index is -0.316. The Bertz CT molecular complexity index is 474. The molecule has 1 atom stereocenters. The molecule has 4 heteroatoms. The fourth-order valence-electron chi connectivity index (χ4n) is 1.87. The molecule has 0 aliphatic carbocycles. The third-order valence-corrected chi connectivity index (χ3v) is 2.90. The van der Waals surface area contributed by atoms with Crippen molar-refractivity contribution in [2.24, 2.45) is 0 Å². The zero-order chi connectivity index (χ0) is 16.0. The van der Waals surface area contributed by atoms with Crippen LogP contribution in [0.5, 0.6) is 0 Å². The second-order valence-electron chi connectivity index (χ2n) is 5.66. The van der Waals surface area contributed by atoms with E-state index < -0.39 is 0 Å². The molecule has 0 radical (unpaired) electrons. The zero-order valence-electron chi connectivity index (χ0n) is 13.4. The first-order valence-corrected chi connectivity index (χ1v) is 7.28. The van der Waals surface area contributed by atoms with Crippen molar-refractivity contribution in [2.75, 3.05) is 0 Å². The third-order valence-electron chi connectivity index (χ3n) is 2.90. The Morgan fingerprint density at radius 3 is 1.90 bits per heavy atom. The third kappa shape index (κ3) is 5.98. The predicted molar refractivity (Wildman–Crippen MR) is 81.0 cm³/mol. The molecular weight excluding hydrogens is 268 g/mol. The van der Waals surface area contributed by atoms with Crippen LogP contribution in [0.15, 0.2) is 24.3 Å². The molecule has 0 amide bonds. The molecule has 4 nitrogen and oxygen atoms in total. The summed E-state index contributed by atoms with van der Waals surface area (Å²) in [5.41, 5.74) is 1.75. The average Bonchev–Trinajstić information content (AvgIpc) is 2.36. The first kappa shape index (κ1) is 17.2. The van der Waals surface area contributed by atoms with Crippen molar-refractivity contribution < 1.29 is 19.1 Å². The number of carbonyl (C=O) groups is 2. The average molecular weight is 292 g/mol. The van der Waals surface area contributed by atoms with Gasteiger partial charge in [-0.05, 0) is 45.7 Å². The van der Waals surface area contributed by atoms with Gasteiger partial charge in [-0.2, -0.15) is 0 Å². The lowest BCUT2D eigenvalue weighted by Gasteiger charge is -2.14. The lowest BCUT2D eigenvalue weighted by Crippen LogP contribution is -2.17. The molecule has 0 saturated carbocycles. The number of ether oxygens (including phenoxy) is 2. The molecule has 0 fully saturated rings. The van der Waals surface area contributed by atoms with Gasteiger partial charge in [-0.15, -0.1) is 0 Å². The zero-order valence-corrected chi connectivity index (χ0v) is 13.4. The molecule has 0 aliphatic heterocycles. The molecule has 1 aromatic rings. The summed E-state index contributed by atoms with van der Waals surface area (Å²) in [6.45, 7) is 9.11. The highest BCUT2D eigenvalue weighted by atomic mass is 16.5. The number of hydrogen-bond donors (Lipinski definition) is 0. The lowest BCUT2D eigenvalue weighted by molar-refractivity contribution is -0.149. The summed E-state index contributed by atoms with van der Waals surface area (Å²) in [6.07, 6.45) is 0.0103. The minimum absolute atomic E-state index is 0.109. The summed E-state index contributed by atoms with van der Waals surface area (Å²) in [5.74, 6) is -0.800. The maximum atomic E-state index is 11.8. The van der Waals surface area contributed by atoms with Gasteiger partial charge < -0.3 is 9.47 Å². The molecule has 116 valence electrons. The van der Waals surface area contributed by atoms with Crippen molar-refractivity contribution >= 4 is 11.9 Å². The first-order valence-electron chi connectivity index (χ1n) is 7.28. The molecule has 1 unspecified atom stereocenters. The molecule has 21 heavy (non-hydrogen) atoms. The summed E-state index contributed by atoms with van der Waals surface area (Å²) in [5, 5.41) is 0. The van der Waals surface area contributed by atoms with Crippen molar-refractivity contribution in [3.05, 3.63) is 35.4 Å². The van der Waals surface area contributed by atoms with Gasteiger partial charge in [0, 0.05) is 0 Å². The summed E-state index contributed by atoms with van der Waals surface area (Å²) in [4.78, 5) is 23.4. The van der Waals surface area contributed by atoms with Crippen molar-refractivity contribution in [3.63, 3.8) is 0 Å². The number of rotatable bonds is 6. The Kier molecular flexibility index (Phi) is 6.40. The van der Waals surface area contributed by atoms with Crippen LogP contribution < -0.4 is 0 Å². The molecule has 0 aliphatic rings. The summed E-state index contributed by atoms with van der Waals surface area (Å²) < 4.78 is 10.3. The topological polar surface area (TPSA) is 52.6 Å². The first-order chi connectivity index (χ1) is 9.79. The number of esters is 2.